The molecule has 170 valence electrons. The molecule has 0 radical (unpaired) electrons. The van der Waals surface area contributed by atoms with Crippen LogP contribution in [0.25, 0.3) is 0 Å². The van der Waals surface area contributed by atoms with Crippen LogP contribution in [0.1, 0.15) is 45.6 Å². The van der Waals surface area contributed by atoms with Crippen LogP contribution in [-0.4, -0.2) is 56.0 Å². The average molecular weight is 467 g/mol. The summed E-state index contributed by atoms with van der Waals surface area (Å²) in [5.74, 6) is -0.0565. The molecule has 2 amide bonds. The molecule has 1 rings (SSSR count). The van der Waals surface area contributed by atoms with E-state index in [-0.39, 0.29) is 47.6 Å². The topological polar surface area (TPSA) is 134 Å². The maximum absolute atomic E-state index is 12.1. The van der Waals surface area contributed by atoms with E-state index in [1.807, 2.05) is 0 Å². The first-order valence-corrected chi connectivity index (χ1v) is 11.3. The molecule has 0 saturated heterocycles. The Labute approximate surface area is 206 Å². The molecular formula is C20H31N2NaO7S. The van der Waals surface area contributed by atoms with E-state index in [2.05, 4.69) is 10.6 Å². The van der Waals surface area contributed by atoms with E-state index in [0.29, 0.717) is 31.6 Å². The minimum Gasteiger partial charge on any atom is -0.748 e. The standard InChI is InChI=1S/C20H32N2O7S.Na/c1-20(2,3)29-19(24)22-17(18(23)21-4)14-15-8-10-16(11-9-15)28-12-6-5-7-13-30(25,26)27;/h8-11,17H,5-7,12-14H2,1-4H3,(H,21,23)(H,22,24)(H,25,26,27);/q;+1/p-1/t17-;/m0./s1. The van der Waals surface area contributed by atoms with Gasteiger partial charge in [-0.15, -0.1) is 0 Å². The number of carbonyl (C=O) groups is 2. The molecule has 0 saturated carbocycles. The summed E-state index contributed by atoms with van der Waals surface area (Å²) in [5.41, 5.74) is 0.159. The zero-order valence-electron chi connectivity index (χ0n) is 18.9. The molecule has 0 unspecified atom stereocenters. The van der Waals surface area contributed by atoms with Crippen molar-refractivity contribution in [1.82, 2.24) is 10.6 Å². The molecule has 11 heteroatoms. The molecule has 31 heavy (non-hydrogen) atoms. The Morgan fingerprint density at radius 3 is 2.23 bits per heavy atom. The van der Waals surface area contributed by atoms with E-state index in [4.69, 9.17) is 9.47 Å². The molecule has 1 atom stereocenters. The molecule has 0 aliphatic rings. The smallest absolute Gasteiger partial charge is 0.748 e. The fourth-order valence-electron chi connectivity index (χ4n) is 2.54. The van der Waals surface area contributed by atoms with E-state index in [9.17, 15) is 22.6 Å². The van der Waals surface area contributed by atoms with Crippen LogP contribution < -0.4 is 44.9 Å². The quantitative estimate of drug-likeness (QED) is 0.242. The van der Waals surface area contributed by atoms with Crippen molar-refractivity contribution < 1.29 is 61.6 Å². The van der Waals surface area contributed by atoms with Crippen LogP contribution in [0.15, 0.2) is 24.3 Å². The number of rotatable bonds is 11. The van der Waals surface area contributed by atoms with Gasteiger partial charge in [0.15, 0.2) is 0 Å². The van der Waals surface area contributed by atoms with Crippen molar-refractivity contribution in [2.75, 3.05) is 19.4 Å². The van der Waals surface area contributed by atoms with Crippen LogP contribution in [0.4, 0.5) is 4.79 Å². The number of ether oxygens (including phenoxy) is 2. The second kappa shape index (κ2) is 13.9. The summed E-state index contributed by atoms with van der Waals surface area (Å²) in [6.07, 6.45) is 1.16. The first-order chi connectivity index (χ1) is 13.9. The zero-order chi connectivity index (χ0) is 22.8. The Balaban J connectivity index is 0.00000900. The van der Waals surface area contributed by atoms with Gasteiger partial charge in [0.2, 0.25) is 5.91 Å². The molecule has 0 aliphatic heterocycles. The van der Waals surface area contributed by atoms with Gasteiger partial charge in [0.25, 0.3) is 0 Å². The molecule has 0 heterocycles. The van der Waals surface area contributed by atoms with Crippen molar-refractivity contribution in [2.45, 2.75) is 58.1 Å². The monoisotopic (exact) mass is 466 g/mol. The number of alkyl carbamates (subject to hydrolysis) is 1. The van der Waals surface area contributed by atoms with Gasteiger partial charge in [0.1, 0.15) is 17.4 Å². The van der Waals surface area contributed by atoms with Crippen LogP contribution in [0.2, 0.25) is 0 Å². The molecule has 9 nitrogen and oxygen atoms in total. The number of nitrogens with one attached hydrogen (secondary N) is 2. The van der Waals surface area contributed by atoms with Gasteiger partial charge in [-0.2, -0.15) is 0 Å². The van der Waals surface area contributed by atoms with Gasteiger partial charge in [0.05, 0.1) is 16.7 Å². The minimum atomic E-state index is -4.16. The Morgan fingerprint density at radius 2 is 1.71 bits per heavy atom. The first kappa shape index (κ1) is 29.7. The Hall–Kier alpha value is -1.33. The minimum absolute atomic E-state index is 0. The second-order valence-corrected chi connectivity index (χ2v) is 9.36. The van der Waals surface area contributed by atoms with Crippen LogP contribution in [0.3, 0.4) is 0 Å². The van der Waals surface area contributed by atoms with Crippen molar-refractivity contribution in [1.29, 1.82) is 0 Å². The molecule has 1 aromatic carbocycles. The van der Waals surface area contributed by atoms with Gasteiger partial charge in [-0.25, -0.2) is 13.2 Å². The van der Waals surface area contributed by atoms with Crippen LogP contribution in [-0.2, 0) is 26.1 Å². The third-order valence-corrected chi connectivity index (χ3v) is 4.71. The van der Waals surface area contributed by atoms with E-state index in [1.54, 1.807) is 45.0 Å². The summed E-state index contributed by atoms with van der Waals surface area (Å²) in [4.78, 5) is 24.1. The van der Waals surface area contributed by atoms with Crippen LogP contribution in [0, 0.1) is 0 Å². The van der Waals surface area contributed by atoms with Gasteiger partial charge in [-0.05, 0) is 57.7 Å². The zero-order valence-corrected chi connectivity index (χ0v) is 21.7. The number of benzene rings is 1. The molecule has 0 bridgehead atoms. The van der Waals surface area contributed by atoms with Crippen molar-refractivity contribution in [3.8, 4) is 5.75 Å². The van der Waals surface area contributed by atoms with Gasteiger partial charge >= 0.3 is 35.7 Å². The SMILES string of the molecule is CNC(=O)[C@H](Cc1ccc(OCCCCCS(=O)(=O)[O-])cc1)NC(=O)OC(C)(C)C.[Na+]. The molecule has 1 aromatic rings. The number of hydrogen-bond acceptors (Lipinski definition) is 7. The third-order valence-electron chi connectivity index (χ3n) is 3.92. The maximum Gasteiger partial charge on any atom is 1.00 e. The maximum atomic E-state index is 12.1. The number of hydrogen-bond donors (Lipinski definition) is 2. The Kier molecular flexibility index (Phi) is 13.3. The van der Waals surface area contributed by atoms with Crippen molar-refractivity contribution in [3.63, 3.8) is 0 Å². The number of carbonyl (C=O) groups excluding carboxylic acids is 2. The Bertz CT molecular complexity index is 793. The van der Waals surface area contributed by atoms with Gasteiger partial charge in [0, 0.05) is 19.2 Å². The molecular weight excluding hydrogens is 435 g/mol. The molecule has 0 aromatic heterocycles. The van der Waals surface area contributed by atoms with Gasteiger partial charge < -0.3 is 24.7 Å². The normalized spacial score (nSPS) is 12.3. The van der Waals surface area contributed by atoms with E-state index in [0.717, 1.165) is 5.56 Å². The third kappa shape index (κ3) is 14.4. The Morgan fingerprint density at radius 1 is 1.10 bits per heavy atom. The predicted octanol–water partition coefficient (Wildman–Crippen LogP) is -1.03. The number of unbranched alkanes of at least 4 members (excludes halogenated alkanes) is 2. The molecule has 2 N–H and O–H groups in total. The molecule has 0 spiro atoms. The predicted molar refractivity (Wildman–Crippen MR) is 111 cm³/mol. The van der Waals surface area contributed by atoms with E-state index < -0.39 is 27.9 Å². The van der Waals surface area contributed by atoms with Crippen LogP contribution >= 0.6 is 0 Å². The largest absolute Gasteiger partial charge is 1.00 e. The fraction of sp³-hybridized carbons (Fsp3) is 0.600. The van der Waals surface area contributed by atoms with Crippen molar-refractivity contribution >= 4 is 22.1 Å². The van der Waals surface area contributed by atoms with Crippen molar-refractivity contribution in [2.24, 2.45) is 0 Å². The summed E-state index contributed by atoms with van der Waals surface area (Å²) in [7, 11) is -2.66. The van der Waals surface area contributed by atoms with Crippen molar-refractivity contribution in [3.05, 3.63) is 29.8 Å². The summed E-state index contributed by atoms with van der Waals surface area (Å²) in [6.45, 7) is 5.63. The summed E-state index contributed by atoms with van der Waals surface area (Å²) in [5, 5.41) is 5.11. The molecule has 0 aliphatic carbocycles. The number of likely N-dealkylation sites (N-methyl/N-ethyl adjacent to an activating group) is 1. The molecule has 0 fully saturated rings. The second-order valence-electron chi connectivity index (χ2n) is 7.83. The van der Waals surface area contributed by atoms with Gasteiger partial charge in [-0.1, -0.05) is 12.1 Å². The first-order valence-electron chi connectivity index (χ1n) is 9.76. The average Bonchev–Trinajstić information content (AvgIpc) is 2.62. The van der Waals surface area contributed by atoms with E-state index >= 15 is 0 Å². The van der Waals surface area contributed by atoms with Gasteiger partial charge in [-0.3, -0.25) is 4.79 Å². The van der Waals surface area contributed by atoms with Crippen LogP contribution in [0.5, 0.6) is 5.75 Å². The fourth-order valence-corrected chi connectivity index (χ4v) is 3.10. The van der Waals surface area contributed by atoms with E-state index in [1.165, 1.54) is 7.05 Å². The summed E-state index contributed by atoms with van der Waals surface area (Å²) < 4.78 is 42.4. The summed E-state index contributed by atoms with van der Waals surface area (Å²) in [6, 6.07) is 6.32. The summed E-state index contributed by atoms with van der Waals surface area (Å²) >= 11 is 0. The number of amides is 2.